The molecule has 1 aliphatic rings. The summed E-state index contributed by atoms with van der Waals surface area (Å²) in [6.07, 6.45) is 4.85. The maximum atomic E-state index is 11.9. The number of carbonyl (C=O) groups excluding carboxylic acids is 1. The van der Waals surface area contributed by atoms with E-state index >= 15 is 0 Å². The van der Waals surface area contributed by atoms with Crippen molar-refractivity contribution < 1.29 is 14.3 Å². The van der Waals surface area contributed by atoms with Gasteiger partial charge in [0.15, 0.2) is 0 Å². The molecule has 5 heteroatoms. The Morgan fingerprint density at radius 1 is 1.38 bits per heavy atom. The van der Waals surface area contributed by atoms with Crippen molar-refractivity contribution in [1.82, 2.24) is 0 Å². The number of benzene rings is 1. The van der Waals surface area contributed by atoms with E-state index in [-0.39, 0.29) is 18.6 Å². The van der Waals surface area contributed by atoms with Gasteiger partial charge < -0.3 is 20.5 Å². The predicted molar refractivity (Wildman–Crippen MR) is 83.4 cm³/mol. The molecule has 1 aliphatic carbocycles. The van der Waals surface area contributed by atoms with Crippen molar-refractivity contribution in [2.75, 3.05) is 24.8 Å². The van der Waals surface area contributed by atoms with E-state index in [1.807, 2.05) is 0 Å². The molecule has 0 aliphatic heterocycles. The van der Waals surface area contributed by atoms with Crippen molar-refractivity contribution in [2.24, 2.45) is 5.92 Å². The van der Waals surface area contributed by atoms with Gasteiger partial charge in [-0.1, -0.05) is 19.8 Å². The van der Waals surface area contributed by atoms with Crippen LogP contribution in [0.3, 0.4) is 0 Å². The number of ether oxygens (including phenoxy) is 2. The summed E-state index contributed by atoms with van der Waals surface area (Å²) in [6, 6.07) is 5.17. The maximum Gasteiger partial charge on any atom is 0.250 e. The highest BCUT2D eigenvalue weighted by Gasteiger charge is 2.22. The zero-order valence-electron chi connectivity index (χ0n) is 12.7. The number of nitrogens with one attached hydrogen (secondary N) is 1. The van der Waals surface area contributed by atoms with E-state index in [0.717, 1.165) is 6.42 Å². The number of amides is 1. The second kappa shape index (κ2) is 7.31. The molecule has 3 N–H and O–H groups in total. The SMILES string of the molecule is COc1ccc(NC(=O)COC2CCCCC2C)c(N)c1. The molecule has 1 saturated carbocycles. The van der Waals surface area contributed by atoms with Crippen LogP contribution in [0, 0.1) is 5.92 Å². The highest BCUT2D eigenvalue weighted by atomic mass is 16.5. The summed E-state index contributed by atoms with van der Waals surface area (Å²) in [6.45, 7) is 2.25. The molecule has 0 bridgehead atoms. The number of hydrogen-bond donors (Lipinski definition) is 2. The molecule has 2 unspecified atom stereocenters. The Morgan fingerprint density at radius 3 is 2.81 bits per heavy atom. The van der Waals surface area contributed by atoms with Crippen molar-refractivity contribution >= 4 is 17.3 Å². The summed E-state index contributed by atoms with van der Waals surface area (Å²) in [4.78, 5) is 11.9. The van der Waals surface area contributed by atoms with Gasteiger partial charge in [-0.3, -0.25) is 4.79 Å². The molecule has 1 aromatic rings. The van der Waals surface area contributed by atoms with Crippen molar-refractivity contribution in [2.45, 2.75) is 38.7 Å². The quantitative estimate of drug-likeness (QED) is 0.818. The van der Waals surface area contributed by atoms with Gasteiger partial charge in [0, 0.05) is 6.07 Å². The van der Waals surface area contributed by atoms with Crippen molar-refractivity contribution in [3.63, 3.8) is 0 Å². The van der Waals surface area contributed by atoms with E-state index < -0.39 is 0 Å². The molecule has 1 amide bonds. The lowest BCUT2D eigenvalue weighted by Crippen LogP contribution is -2.29. The highest BCUT2D eigenvalue weighted by Crippen LogP contribution is 2.27. The second-order valence-corrected chi connectivity index (χ2v) is 5.61. The van der Waals surface area contributed by atoms with Crippen LogP contribution in [0.2, 0.25) is 0 Å². The lowest BCUT2D eigenvalue weighted by molar-refractivity contribution is -0.124. The summed E-state index contributed by atoms with van der Waals surface area (Å²) in [5, 5.41) is 2.77. The molecular formula is C16H24N2O3. The van der Waals surface area contributed by atoms with Gasteiger partial charge in [-0.2, -0.15) is 0 Å². The first-order valence-electron chi connectivity index (χ1n) is 7.45. The van der Waals surface area contributed by atoms with Crippen LogP contribution in [0.15, 0.2) is 18.2 Å². The molecule has 1 fully saturated rings. The average Bonchev–Trinajstić information content (AvgIpc) is 2.48. The number of hydrogen-bond acceptors (Lipinski definition) is 4. The van der Waals surface area contributed by atoms with Crippen molar-refractivity contribution in [3.8, 4) is 5.75 Å². The van der Waals surface area contributed by atoms with Crippen LogP contribution in [0.4, 0.5) is 11.4 Å². The number of rotatable bonds is 5. The third-order valence-electron chi connectivity index (χ3n) is 3.99. The summed E-state index contributed by atoms with van der Waals surface area (Å²) < 4.78 is 10.8. The van der Waals surface area contributed by atoms with Gasteiger partial charge in [-0.05, 0) is 30.9 Å². The average molecular weight is 292 g/mol. The van der Waals surface area contributed by atoms with E-state index in [9.17, 15) is 4.79 Å². The lowest BCUT2D eigenvalue weighted by atomic mass is 9.88. The van der Waals surface area contributed by atoms with Crippen LogP contribution < -0.4 is 15.8 Å². The first-order chi connectivity index (χ1) is 10.1. The molecule has 0 spiro atoms. The smallest absolute Gasteiger partial charge is 0.250 e. The number of nitrogen functional groups attached to an aromatic ring is 1. The van der Waals surface area contributed by atoms with Crippen LogP contribution in [0.5, 0.6) is 5.75 Å². The lowest BCUT2D eigenvalue weighted by Gasteiger charge is -2.28. The summed E-state index contributed by atoms with van der Waals surface area (Å²) in [5.74, 6) is 1.01. The zero-order chi connectivity index (χ0) is 15.2. The normalized spacial score (nSPS) is 21.8. The highest BCUT2D eigenvalue weighted by molar-refractivity contribution is 5.94. The Balaban J connectivity index is 1.84. The molecule has 116 valence electrons. The topological polar surface area (TPSA) is 73.6 Å². The minimum Gasteiger partial charge on any atom is -0.497 e. The Morgan fingerprint density at radius 2 is 2.14 bits per heavy atom. The first kappa shape index (κ1) is 15.6. The Kier molecular flexibility index (Phi) is 5.44. The first-order valence-corrected chi connectivity index (χ1v) is 7.45. The van der Waals surface area contributed by atoms with Gasteiger partial charge in [0.1, 0.15) is 12.4 Å². The molecule has 0 aromatic heterocycles. The molecular weight excluding hydrogens is 268 g/mol. The van der Waals surface area contributed by atoms with Crippen molar-refractivity contribution in [1.29, 1.82) is 0 Å². The van der Waals surface area contributed by atoms with E-state index in [1.54, 1.807) is 25.3 Å². The minimum absolute atomic E-state index is 0.0699. The van der Waals surface area contributed by atoms with Gasteiger partial charge in [0.25, 0.3) is 0 Å². The van der Waals surface area contributed by atoms with E-state index in [4.69, 9.17) is 15.2 Å². The molecule has 2 rings (SSSR count). The van der Waals surface area contributed by atoms with E-state index in [0.29, 0.717) is 23.0 Å². The monoisotopic (exact) mass is 292 g/mol. The predicted octanol–water partition coefficient (Wildman–Crippen LogP) is 2.81. The number of anilines is 2. The van der Waals surface area contributed by atoms with Crippen LogP contribution in [0.25, 0.3) is 0 Å². The largest absolute Gasteiger partial charge is 0.497 e. The molecule has 5 nitrogen and oxygen atoms in total. The second-order valence-electron chi connectivity index (χ2n) is 5.61. The Labute approximate surface area is 125 Å². The van der Waals surface area contributed by atoms with Crippen LogP contribution in [-0.2, 0) is 9.53 Å². The third-order valence-corrected chi connectivity index (χ3v) is 3.99. The standard InChI is InChI=1S/C16H24N2O3/c1-11-5-3-4-6-15(11)21-10-16(19)18-14-8-7-12(20-2)9-13(14)17/h7-9,11,15H,3-6,10,17H2,1-2H3,(H,18,19). The molecule has 21 heavy (non-hydrogen) atoms. The van der Waals surface area contributed by atoms with E-state index in [2.05, 4.69) is 12.2 Å². The van der Waals surface area contributed by atoms with Crippen LogP contribution >= 0.6 is 0 Å². The summed E-state index contributed by atoms with van der Waals surface area (Å²) >= 11 is 0. The molecule has 1 aromatic carbocycles. The van der Waals surface area contributed by atoms with Crippen LogP contribution in [0.1, 0.15) is 32.6 Å². The maximum absolute atomic E-state index is 11.9. The van der Waals surface area contributed by atoms with Gasteiger partial charge >= 0.3 is 0 Å². The molecule has 0 heterocycles. The Hall–Kier alpha value is -1.75. The van der Waals surface area contributed by atoms with Gasteiger partial charge in [-0.25, -0.2) is 0 Å². The number of nitrogens with two attached hydrogens (primary N) is 1. The fourth-order valence-corrected chi connectivity index (χ4v) is 2.68. The minimum atomic E-state index is -0.176. The number of methoxy groups -OCH3 is 1. The van der Waals surface area contributed by atoms with Crippen molar-refractivity contribution in [3.05, 3.63) is 18.2 Å². The molecule has 0 saturated heterocycles. The third kappa shape index (κ3) is 4.36. The van der Waals surface area contributed by atoms with Gasteiger partial charge in [0.2, 0.25) is 5.91 Å². The fraction of sp³-hybridized carbons (Fsp3) is 0.562. The van der Waals surface area contributed by atoms with Gasteiger partial charge in [-0.15, -0.1) is 0 Å². The van der Waals surface area contributed by atoms with Crippen LogP contribution in [-0.4, -0.2) is 25.7 Å². The summed E-state index contributed by atoms with van der Waals surface area (Å²) in [5.41, 5.74) is 6.94. The number of carbonyl (C=O) groups is 1. The molecule has 0 radical (unpaired) electrons. The van der Waals surface area contributed by atoms with E-state index in [1.165, 1.54) is 19.3 Å². The van der Waals surface area contributed by atoms with Gasteiger partial charge in [0.05, 0.1) is 24.6 Å². The molecule has 2 atom stereocenters. The Bertz CT molecular complexity index is 490. The zero-order valence-corrected chi connectivity index (χ0v) is 12.7. The fourth-order valence-electron chi connectivity index (χ4n) is 2.68. The summed E-state index contributed by atoms with van der Waals surface area (Å²) in [7, 11) is 1.58.